The summed E-state index contributed by atoms with van der Waals surface area (Å²) in [6.45, 7) is 2.33. The van der Waals surface area contributed by atoms with Crippen LogP contribution in [0.5, 0.6) is 0 Å². The van der Waals surface area contributed by atoms with Gasteiger partial charge in [-0.2, -0.15) is 0 Å². The number of rotatable bonds is 3. The Morgan fingerprint density at radius 3 is 2.75 bits per heavy atom. The van der Waals surface area contributed by atoms with Gasteiger partial charge in [-0.15, -0.1) is 12.4 Å². The smallest absolute Gasteiger partial charge is 0.257 e. The first-order valence-corrected chi connectivity index (χ1v) is 9.75. The molecule has 1 aliphatic heterocycles. The molecular formula is C19H19BrCl2N4O2. The number of fused-ring (bicyclic) bond motifs is 1. The molecule has 6 nitrogen and oxygen atoms in total. The molecule has 3 aromatic rings. The Hall–Kier alpha value is -1.80. The van der Waals surface area contributed by atoms with Gasteiger partial charge >= 0.3 is 0 Å². The molecule has 1 aliphatic rings. The van der Waals surface area contributed by atoms with Crippen molar-refractivity contribution < 1.29 is 9.53 Å². The minimum Gasteiger partial charge on any atom is -0.378 e. The van der Waals surface area contributed by atoms with Gasteiger partial charge in [0.15, 0.2) is 0 Å². The average molecular weight is 486 g/mol. The zero-order valence-corrected chi connectivity index (χ0v) is 18.3. The van der Waals surface area contributed by atoms with Gasteiger partial charge in [-0.25, -0.2) is 4.98 Å². The third kappa shape index (κ3) is 3.98. The molecule has 0 unspecified atom stereocenters. The number of carbonyl (C=O) groups is 1. The molecule has 1 fully saturated rings. The van der Waals surface area contributed by atoms with Crippen molar-refractivity contribution >= 4 is 68.3 Å². The Balaban J connectivity index is 0.00000225. The van der Waals surface area contributed by atoms with E-state index in [1.165, 1.54) is 0 Å². The van der Waals surface area contributed by atoms with Gasteiger partial charge in [0.05, 0.1) is 35.0 Å². The number of halogens is 3. The molecule has 28 heavy (non-hydrogen) atoms. The fourth-order valence-electron chi connectivity index (χ4n) is 3.23. The largest absolute Gasteiger partial charge is 0.378 e. The number of nitrogens with zero attached hydrogens (tertiary/aromatic N) is 3. The zero-order valence-electron chi connectivity index (χ0n) is 15.1. The monoisotopic (exact) mass is 484 g/mol. The van der Waals surface area contributed by atoms with E-state index in [-0.39, 0.29) is 18.3 Å². The van der Waals surface area contributed by atoms with Crippen LogP contribution in [0.25, 0.3) is 10.9 Å². The van der Waals surface area contributed by atoms with Crippen molar-refractivity contribution in [3.8, 4) is 0 Å². The number of hydrogen-bond acceptors (Lipinski definition) is 4. The van der Waals surface area contributed by atoms with Crippen molar-refractivity contribution in [1.82, 2.24) is 14.5 Å². The Morgan fingerprint density at radius 2 is 2.04 bits per heavy atom. The van der Waals surface area contributed by atoms with Gasteiger partial charge in [0.1, 0.15) is 5.82 Å². The van der Waals surface area contributed by atoms with Gasteiger partial charge in [-0.05, 0) is 24.3 Å². The van der Waals surface area contributed by atoms with Crippen molar-refractivity contribution in [1.29, 1.82) is 0 Å². The highest BCUT2D eigenvalue weighted by molar-refractivity contribution is 9.10. The number of ether oxygens (including phenoxy) is 1. The Morgan fingerprint density at radius 1 is 1.29 bits per heavy atom. The SMILES string of the molecule is Cl.Cn1ccc2c(Nc3ccc(Br)cc3Cl)ncc(C(=O)N3CCOCC3)c21. The van der Waals surface area contributed by atoms with Gasteiger partial charge in [-0.1, -0.05) is 27.5 Å². The number of amides is 1. The Bertz CT molecular complexity index is 1020. The second-order valence-corrected chi connectivity index (χ2v) is 7.69. The van der Waals surface area contributed by atoms with Crippen LogP contribution in [0.3, 0.4) is 0 Å². The summed E-state index contributed by atoms with van der Waals surface area (Å²) in [5.41, 5.74) is 2.19. The third-order valence-electron chi connectivity index (χ3n) is 4.62. The van der Waals surface area contributed by atoms with E-state index in [0.717, 1.165) is 21.1 Å². The summed E-state index contributed by atoms with van der Waals surface area (Å²) in [5.74, 6) is 0.638. The summed E-state index contributed by atoms with van der Waals surface area (Å²) < 4.78 is 8.19. The highest BCUT2D eigenvalue weighted by Crippen LogP contribution is 2.32. The predicted octanol–water partition coefficient (Wildman–Crippen LogP) is 4.63. The number of pyridine rings is 1. The topological polar surface area (TPSA) is 59.4 Å². The van der Waals surface area contributed by atoms with Crippen molar-refractivity contribution in [2.75, 3.05) is 31.6 Å². The van der Waals surface area contributed by atoms with E-state index in [2.05, 4.69) is 26.2 Å². The average Bonchev–Trinajstić information content (AvgIpc) is 3.07. The molecule has 0 aliphatic carbocycles. The second-order valence-electron chi connectivity index (χ2n) is 6.36. The lowest BCUT2D eigenvalue weighted by Crippen LogP contribution is -2.40. The van der Waals surface area contributed by atoms with Gasteiger partial charge in [-0.3, -0.25) is 4.79 Å². The standard InChI is InChI=1S/C19H18BrClN4O2.ClH/c1-24-5-4-13-17(24)14(19(26)25-6-8-27-9-7-25)11-22-18(13)23-16-3-2-12(20)10-15(16)21;/h2-5,10-11H,6-9H2,1H3,(H,22,23);1H. The summed E-state index contributed by atoms with van der Waals surface area (Å²) in [6.07, 6.45) is 3.56. The van der Waals surface area contributed by atoms with Crippen LogP contribution in [0.2, 0.25) is 5.02 Å². The minimum absolute atomic E-state index is 0. The lowest BCUT2D eigenvalue weighted by Gasteiger charge is -2.27. The number of nitrogens with one attached hydrogen (secondary N) is 1. The van der Waals surface area contributed by atoms with Gasteiger partial charge in [0, 0.05) is 42.4 Å². The van der Waals surface area contributed by atoms with Crippen molar-refractivity contribution in [3.05, 3.63) is 51.7 Å². The van der Waals surface area contributed by atoms with E-state index in [9.17, 15) is 4.79 Å². The van der Waals surface area contributed by atoms with Crippen molar-refractivity contribution in [3.63, 3.8) is 0 Å². The maximum absolute atomic E-state index is 13.0. The van der Waals surface area contributed by atoms with Crippen LogP contribution < -0.4 is 5.32 Å². The quantitative estimate of drug-likeness (QED) is 0.587. The second kappa shape index (κ2) is 8.69. The maximum Gasteiger partial charge on any atom is 0.257 e. The van der Waals surface area contributed by atoms with E-state index >= 15 is 0 Å². The molecule has 148 valence electrons. The molecule has 0 atom stereocenters. The van der Waals surface area contributed by atoms with E-state index in [1.807, 2.05) is 47.0 Å². The molecule has 1 aromatic carbocycles. The molecule has 0 saturated carbocycles. The van der Waals surface area contributed by atoms with E-state index < -0.39 is 0 Å². The van der Waals surface area contributed by atoms with Crippen LogP contribution >= 0.6 is 39.9 Å². The van der Waals surface area contributed by atoms with Crippen LogP contribution in [-0.4, -0.2) is 46.7 Å². The fourth-order valence-corrected chi connectivity index (χ4v) is 3.95. The molecule has 0 radical (unpaired) electrons. The van der Waals surface area contributed by atoms with Crippen LogP contribution in [0, 0.1) is 0 Å². The van der Waals surface area contributed by atoms with Crippen LogP contribution in [-0.2, 0) is 11.8 Å². The summed E-state index contributed by atoms with van der Waals surface area (Å²) in [6, 6.07) is 7.57. The highest BCUT2D eigenvalue weighted by Gasteiger charge is 2.23. The molecule has 4 rings (SSSR count). The molecule has 1 saturated heterocycles. The number of carbonyl (C=O) groups excluding carboxylic acids is 1. The lowest BCUT2D eigenvalue weighted by atomic mass is 10.1. The number of anilines is 2. The number of morpholine rings is 1. The fraction of sp³-hybridized carbons (Fsp3) is 0.263. The molecule has 2 aromatic heterocycles. The molecule has 3 heterocycles. The predicted molar refractivity (Wildman–Crippen MR) is 117 cm³/mol. The molecule has 1 amide bonds. The van der Waals surface area contributed by atoms with Crippen LogP contribution in [0.4, 0.5) is 11.5 Å². The Kier molecular flexibility index (Phi) is 6.50. The molecule has 0 bridgehead atoms. The molecule has 1 N–H and O–H groups in total. The summed E-state index contributed by atoms with van der Waals surface area (Å²) in [5, 5.41) is 4.74. The van der Waals surface area contributed by atoms with Gasteiger partial charge in [0.2, 0.25) is 0 Å². The lowest BCUT2D eigenvalue weighted by molar-refractivity contribution is 0.0303. The highest BCUT2D eigenvalue weighted by atomic mass is 79.9. The molecule has 9 heteroatoms. The van der Waals surface area contributed by atoms with Crippen LogP contribution in [0.15, 0.2) is 41.1 Å². The summed E-state index contributed by atoms with van der Waals surface area (Å²) in [4.78, 5) is 19.3. The molecular weight excluding hydrogens is 467 g/mol. The first-order chi connectivity index (χ1) is 13.0. The van der Waals surface area contributed by atoms with E-state index in [0.29, 0.717) is 42.7 Å². The van der Waals surface area contributed by atoms with E-state index in [4.69, 9.17) is 16.3 Å². The van der Waals surface area contributed by atoms with Crippen molar-refractivity contribution in [2.45, 2.75) is 0 Å². The van der Waals surface area contributed by atoms with Crippen molar-refractivity contribution in [2.24, 2.45) is 7.05 Å². The summed E-state index contributed by atoms with van der Waals surface area (Å²) in [7, 11) is 1.93. The van der Waals surface area contributed by atoms with E-state index in [1.54, 1.807) is 6.20 Å². The zero-order chi connectivity index (χ0) is 19.0. The van der Waals surface area contributed by atoms with Gasteiger partial charge in [0.25, 0.3) is 5.91 Å². The molecule has 0 spiro atoms. The Labute approximate surface area is 182 Å². The number of benzene rings is 1. The van der Waals surface area contributed by atoms with Crippen LogP contribution in [0.1, 0.15) is 10.4 Å². The number of hydrogen-bond donors (Lipinski definition) is 1. The normalized spacial score (nSPS) is 14.0. The number of aromatic nitrogens is 2. The first-order valence-electron chi connectivity index (χ1n) is 8.58. The third-order valence-corrected chi connectivity index (χ3v) is 5.42. The maximum atomic E-state index is 13.0. The first kappa shape index (κ1) is 20.9. The number of aryl methyl sites for hydroxylation is 1. The summed E-state index contributed by atoms with van der Waals surface area (Å²) >= 11 is 9.73. The van der Waals surface area contributed by atoms with Gasteiger partial charge < -0.3 is 19.5 Å². The minimum atomic E-state index is -0.0224.